The van der Waals surface area contributed by atoms with Gasteiger partial charge in [-0.25, -0.2) is 4.79 Å². The van der Waals surface area contributed by atoms with Gasteiger partial charge in [0.25, 0.3) is 5.91 Å². The van der Waals surface area contributed by atoms with Crippen molar-refractivity contribution in [1.82, 2.24) is 4.98 Å². The molecule has 2 aromatic carbocycles. The van der Waals surface area contributed by atoms with Crippen LogP contribution in [0.5, 0.6) is 5.75 Å². The standard InChI is InChI=1S/C21H19N3O4/c1-27-19-5-3-4-17(11-19)23-18-10-15(12-22-13-18)20(25)24-16-8-6-14(7-9-16)21(26)28-2/h3-13,23H,1-2H3,(H,24,25). The molecule has 2 N–H and O–H groups in total. The number of nitrogens with one attached hydrogen (secondary N) is 2. The summed E-state index contributed by atoms with van der Waals surface area (Å²) in [5.74, 6) is -0.0201. The van der Waals surface area contributed by atoms with Crippen molar-refractivity contribution in [2.75, 3.05) is 24.9 Å². The highest BCUT2D eigenvalue weighted by Crippen LogP contribution is 2.21. The van der Waals surface area contributed by atoms with E-state index in [0.717, 1.165) is 11.4 Å². The summed E-state index contributed by atoms with van der Waals surface area (Å²) in [5, 5.41) is 5.96. The van der Waals surface area contributed by atoms with Gasteiger partial charge in [0.2, 0.25) is 0 Å². The first-order chi connectivity index (χ1) is 13.6. The molecule has 1 heterocycles. The summed E-state index contributed by atoms with van der Waals surface area (Å²) in [7, 11) is 2.92. The average Bonchev–Trinajstić information content (AvgIpc) is 2.74. The Balaban J connectivity index is 1.70. The molecule has 0 bridgehead atoms. The van der Waals surface area contributed by atoms with Crippen LogP contribution in [0.3, 0.4) is 0 Å². The summed E-state index contributed by atoms with van der Waals surface area (Å²) in [6.45, 7) is 0. The summed E-state index contributed by atoms with van der Waals surface area (Å²) in [6, 6.07) is 15.6. The number of carbonyl (C=O) groups is 2. The lowest BCUT2D eigenvalue weighted by Crippen LogP contribution is -2.12. The van der Waals surface area contributed by atoms with E-state index in [1.807, 2.05) is 24.3 Å². The minimum Gasteiger partial charge on any atom is -0.497 e. The van der Waals surface area contributed by atoms with Crippen LogP contribution < -0.4 is 15.4 Å². The first-order valence-corrected chi connectivity index (χ1v) is 8.45. The number of pyridine rings is 1. The van der Waals surface area contributed by atoms with E-state index < -0.39 is 5.97 Å². The Bertz CT molecular complexity index is 987. The Hall–Kier alpha value is -3.87. The fraction of sp³-hybridized carbons (Fsp3) is 0.0952. The number of hydrogen-bond acceptors (Lipinski definition) is 6. The molecule has 7 nitrogen and oxygen atoms in total. The third-order valence-corrected chi connectivity index (χ3v) is 3.92. The minimum absolute atomic E-state index is 0.312. The monoisotopic (exact) mass is 377 g/mol. The Kier molecular flexibility index (Phi) is 5.86. The number of aromatic nitrogens is 1. The highest BCUT2D eigenvalue weighted by atomic mass is 16.5. The topological polar surface area (TPSA) is 89.5 Å². The van der Waals surface area contributed by atoms with Crippen LogP contribution in [0.2, 0.25) is 0 Å². The average molecular weight is 377 g/mol. The Labute approximate surface area is 162 Å². The normalized spacial score (nSPS) is 10.1. The fourth-order valence-corrected chi connectivity index (χ4v) is 2.51. The van der Waals surface area contributed by atoms with Gasteiger partial charge in [-0.3, -0.25) is 9.78 Å². The first-order valence-electron chi connectivity index (χ1n) is 8.45. The van der Waals surface area contributed by atoms with Gasteiger partial charge >= 0.3 is 5.97 Å². The van der Waals surface area contributed by atoms with Crippen molar-refractivity contribution in [3.05, 3.63) is 78.1 Å². The Morgan fingerprint density at radius 1 is 0.857 bits per heavy atom. The third-order valence-electron chi connectivity index (χ3n) is 3.92. The van der Waals surface area contributed by atoms with Gasteiger partial charge in [0, 0.05) is 23.6 Å². The largest absolute Gasteiger partial charge is 0.497 e. The molecular formula is C21H19N3O4. The van der Waals surface area contributed by atoms with E-state index in [0.29, 0.717) is 22.5 Å². The molecule has 0 aliphatic carbocycles. The van der Waals surface area contributed by atoms with Crippen LogP contribution in [-0.4, -0.2) is 31.1 Å². The van der Waals surface area contributed by atoms with E-state index in [9.17, 15) is 9.59 Å². The maximum atomic E-state index is 12.5. The van der Waals surface area contributed by atoms with Crippen molar-refractivity contribution in [2.45, 2.75) is 0 Å². The molecule has 0 saturated carbocycles. The summed E-state index contributed by atoms with van der Waals surface area (Å²) < 4.78 is 9.86. The zero-order valence-electron chi connectivity index (χ0n) is 15.4. The van der Waals surface area contributed by atoms with E-state index in [1.54, 1.807) is 43.6 Å². The quantitative estimate of drug-likeness (QED) is 0.634. The number of ether oxygens (including phenoxy) is 2. The lowest BCUT2D eigenvalue weighted by atomic mass is 10.2. The van der Waals surface area contributed by atoms with Gasteiger partial charge in [0.1, 0.15) is 5.75 Å². The van der Waals surface area contributed by atoms with Crippen LogP contribution in [0, 0.1) is 0 Å². The molecule has 0 aliphatic rings. The van der Waals surface area contributed by atoms with Crippen molar-refractivity contribution >= 4 is 28.9 Å². The molecular weight excluding hydrogens is 358 g/mol. The van der Waals surface area contributed by atoms with E-state index in [1.165, 1.54) is 13.3 Å². The van der Waals surface area contributed by atoms with Gasteiger partial charge < -0.3 is 20.1 Å². The number of anilines is 3. The molecule has 0 atom stereocenters. The van der Waals surface area contributed by atoms with E-state index in [2.05, 4.69) is 20.4 Å². The number of hydrogen-bond donors (Lipinski definition) is 2. The molecule has 28 heavy (non-hydrogen) atoms. The second-order valence-electron chi connectivity index (χ2n) is 5.84. The lowest BCUT2D eigenvalue weighted by Gasteiger charge is -2.10. The zero-order valence-corrected chi connectivity index (χ0v) is 15.4. The Morgan fingerprint density at radius 2 is 1.64 bits per heavy atom. The van der Waals surface area contributed by atoms with Gasteiger partial charge in [-0.1, -0.05) is 6.07 Å². The molecule has 3 rings (SSSR count). The summed E-state index contributed by atoms with van der Waals surface area (Å²) >= 11 is 0. The maximum Gasteiger partial charge on any atom is 0.337 e. The molecule has 7 heteroatoms. The van der Waals surface area contributed by atoms with Gasteiger partial charge in [0.05, 0.1) is 37.2 Å². The SMILES string of the molecule is COC(=O)c1ccc(NC(=O)c2cncc(Nc3cccc(OC)c3)c2)cc1. The zero-order chi connectivity index (χ0) is 19.9. The van der Waals surface area contributed by atoms with Gasteiger partial charge in [-0.15, -0.1) is 0 Å². The Morgan fingerprint density at radius 3 is 2.36 bits per heavy atom. The van der Waals surface area contributed by atoms with E-state index in [4.69, 9.17) is 4.74 Å². The third kappa shape index (κ3) is 4.64. The van der Waals surface area contributed by atoms with Crippen LogP contribution in [-0.2, 0) is 4.74 Å². The molecule has 0 saturated heterocycles. The van der Waals surface area contributed by atoms with Gasteiger partial charge in [-0.05, 0) is 42.5 Å². The molecule has 0 unspecified atom stereocenters. The van der Waals surface area contributed by atoms with Crippen molar-refractivity contribution in [2.24, 2.45) is 0 Å². The van der Waals surface area contributed by atoms with Gasteiger partial charge in [0.15, 0.2) is 0 Å². The van der Waals surface area contributed by atoms with Crippen molar-refractivity contribution < 1.29 is 19.1 Å². The van der Waals surface area contributed by atoms with Crippen molar-refractivity contribution in [3.8, 4) is 5.75 Å². The molecule has 1 amide bonds. The number of carbonyl (C=O) groups excluding carboxylic acids is 2. The fourth-order valence-electron chi connectivity index (χ4n) is 2.51. The van der Waals surface area contributed by atoms with Gasteiger partial charge in [-0.2, -0.15) is 0 Å². The molecule has 0 fully saturated rings. The van der Waals surface area contributed by atoms with Crippen molar-refractivity contribution in [1.29, 1.82) is 0 Å². The van der Waals surface area contributed by atoms with Crippen LogP contribution in [0.25, 0.3) is 0 Å². The number of esters is 1. The van der Waals surface area contributed by atoms with E-state index in [-0.39, 0.29) is 5.91 Å². The predicted molar refractivity (Wildman–Crippen MR) is 106 cm³/mol. The van der Waals surface area contributed by atoms with Crippen LogP contribution in [0.4, 0.5) is 17.1 Å². The number of amides is 1. The minimum atomic E-state index is -0.432. The molecule has 0 radical (unpaired) electrons. The molecule has 3 aromatic rings. The summed E-state index contributed by atoms with van der Waals surface area (Å²) in [5.41, 5.74) is 2.85. The van der Waals surface area contributed by atoms with Crippen LogP contribution in [0.15, 0.2) is 67.0 Å². The highest BCUT2D eigenvalue weighted by Gasteiger charge is 2.10. The lowest BCUT2D eigenvalue weighted by molar-refractivity contribution is 0.0600. The molecule has 0 spiro atoms. The number of benzene rings is 2. The highest BCUT2D eigenvalue weighted by molar-refractivity contribution is 6.04. The number of rotatable bonds is 6. The number of methoxy groups -OCH3 is 2. The summed E-state index contributed by atoms with van der Waals surface area (Å²) in [6.07, 6.45) is 3.11. The number of nitrogens with zero attached hydrogens (tertiary/aromatic N) is 1. The van der Waals surface area contributed by atoms with Crippen LogP contribution in [0.1, 0.15) is 20.7 Å². The van der Waals surface area contributed by atoms with E-state index >= 15 is 0 Å². The van der Waals surface area contributed by atoms with Crippen molar-refractivity contribution in [3.63, 3.8) is 0 Å². The second kappa shape index (κ2) is 8.68. The maximum absolute atomic E-state index is 12.5. The molecule has 142 valence electrons. The molecule has 0 aliphatic heterocycles. The van der Waals surface area contributed by atoms with Crippen LogP contribution >= 0.6 is 0 Å². The first kappa shape index (κ1) is 18.9. The second-order valence-corrected chi connectivity index (χ2v) is 5.84. The molecule has 1 aromatic heterocycles. The smallest absolute Gasteiger partial charge is 0.337 e. The summed E-state index contributed by atoms with van der Waals surface area (Å²) in [4.78, 5) is 28.1. The predicted octanol–water partition coefficient (Wildman–Crippen LogP) is 3.87.